The first-order valence-corrected chi connectivity index (χ1v) is 12.3. The maximum atomic E-state index is 12.8. The van der Waals surface area contributed by atoms with Crippen LogP contribution >= 0.6 is 0 Å². The van der Waals surface area contributed by atoms with Gasteiger partial charge in [-0.1, -0.05) is 31.4 Å². The minimum absolute atomic E-state index is 0.137. The van der Waals surface area contributed by atoms with Crippen LogP contribution in [0.4, 0.5) is 5.82 Å². The average molecular weight is 447 g/mol. The Kier molecular flexibility index (Phi) is 6.58. The molecule has 174 valence electrons. The summed E-state index contributed by atoms with van der Waals surface area (Å²) >= 11 is 0. The summed E-state index contributed by atoms with van der Waals surface area (Å²) < 4.78 is 0. The van der Waals surface area contributed by atoms with Crippen LogP contribution in [-0.2, 0) is 12.8 Å². The number of nitrogens with zero attached hydrogens (tertiary/aromatic N) is 4. The van der Waals surface area contributed by atoms with E-state index in [9.17, 15) is 4.79 Å². The smallest absolute Gasteiger partial charge is 0.253 e. The van der Waals surface area contributed by atoms with Gasteiger partial charge in [0, 0.05) is 44.0 Å². The number of hydrogen-bond donors (Lipinski definition) is 2. The number of likely N-dealkylation sites (N-methyl/N-ethyl adjacent to an activating group) is 1. The van der Waals surface area contributed by atoms with Gasteiger partial charge < -0.3 is 15.1 Å². The number of H-pyrrole nitrogens is 1. The van der Waals surface area contributed by atoms with Crippen LogP contribution in [0.25, 0.3) is 10.9 Å². The minimum Gasteiger partial charge on any atom is -0.367 e. The Hall–Kier alpha value is -2.93. The molecule has 33 heavy (non-hydrogen) atoms. The molecule has 1 saturated heterocycles. The third kappa shape index (κ3) is 5.03. The zero-order valence-corrected chi connectivity index (χ0v) is 19.5. The second-order valence-corrected chi connectivity index (χ2v) is 9.52. The molecule has 5 rings (SSSR count). The van der Waals surface area contributed by atoms with Crippen molar-refractivity contribution in [3.63, 3.8) is 0 Å². The maximum Gasteiger partial charge on any atom is 0.253 e. The first kappa shape index (κ1) is 21.9. The van der Waals surface area contributed by atoms with Crippen molar-refractivity contribution in [2.75, 3.05) is 38.5 Å². The molecule has 2 fully saturated rings. The Morgan fingerprint density at radius 1 is 1.03 bits per heavy atom. The van der Waals surface area contributed by atoms with E-state index in [0.717, 1.165) is 67.0 Å². The van der Waals surface area contributed by atoms with Gasteiger partial charge in [0.25, 0.3) is 5.91 Å². The summed E-state index contributed by atoms with van der Waals surface area (Å²) in [6, 6.07) is 10.6. The van der Waals surface area contributed by atoms with Crippen LogP contribution in [-0.4, -0.2) is 70.2 Å². The number of piperazine rings is 1. The summed E-state index contributed by atoms with van der Waals surface area (Å²) in [5.74, 6) is 1.09. The quantitative estimate of drug-likeness (QED) is 0.601. The predicted molar refractivity (Wildman–Crippen MR) is 132 cm³/mol. The maximum absolute atomic E-state index is 12.8. The van der Waals surface area contributed by atoms with E-state index in [1.54, 1.807) is 0 Å². The SMILES string of the molecule is CN1CCN(C(=O)c2ccc(CCc3n[nH]c4ccnc(NC5CCCCC5)c34)cc2)CC1. The molecule has 2 N–H and O–H groups in total. The number of aryl methyl sites for hydroxylation is 2. The molecule has 1 saturated carbocycles. The van der Waals surface area contributed by atoms with Crippen molar-refractivity contribution < 1.29 is 4.79 Å². The van der Waals surface area contributed by atoms with Crippen LogP contribution < -0.4 is 5.32 Å². The molecule has 1 aliphatic carbocycles. The summed E-state index contributed by atoms with van der Waals surface area (Å²) in [7, 11) is 2.10. The molecule has 0 radical (unpaired) electrons. The van der Waals surface area contributed by atoms with E-state index in [2.05, 4.69) is 44.6 Å². The van der Waals surface area contributed by atoms with Gasteiger partial charge in [-0.05, 0) is 56.5 Å². The van der Waals surface area contributed by atoms with Crippen LogP contribution in [0.1, 0.15) is 53.7 Å². The van der Waals surface area contributed by atoms with Gasteiger partial charge in [0.1, 0.15) is 5.82 Å². The highest BCUT2D eigenvalue weighted by Gasteiger charge is 2.20. The van der Waals surface area contributed by atoms with Crippen molar-refractivity contribution in [2.45, 2.75) is 51.0 Å². The van der Waals surface area contributed by atoms with E-state index in [0.29, 0.717) is 6.04 Å². The van der Waals surface area contributed by atoms with Crippen LogP contribution in [0, 0.1) is 0 Å². The van der Waals surface area contributed by atoms with Crippen molar-refractivity contribution in [3.8, 4) is 0 Å². The summed E-state index contributed by atoms with van der Waals surface area (Å²) in [5, 5.41) is 12.6. The Morgan fingerprint density at radius 2 is 1.79 bits per heavy atom. The zero-order chi connectivity index (χ0) is 22.6. The molecule has 0 atom stereocenters. The average Bonchev–Trinajstić information content (AvgIpc) is 3.28. The largest absolute Gasteiger partial charge is 0.367 e. The molecule has 1 aromatic carbocycles. The Balaban J connectivity index is 1.24. The Labute approximate surface area is 195 Å². The van der Waals surface area contributed by atoms with Crippen molar-refractivity contribution in [1.82, 2.24) is 25.0 Å². The van der Waals surface area contributed by atoms with E-state index >= 15 is 0 Å². The number of anilines is 1. The highest BCUT2D eigenvalue weighted by atomic mass is 16.2. The van der Waals surface area contributed by atoms with Gasteiger partial charge in [0.2, 0.25) is 0 Å². The van der Waals surface area contributed by atoms with Crippen LogP contribution in [0.3, 0.4) is 0 Å². The van der Waals surface area contributed by atoms with Gasteiger partial charge in [-0.15, -0.1) is 0 Å². The zero-order valence-electron chi connectivity index (χ0n) is 19.5. The highest BCUT2D eigenvalue weighted by Crippen LogP contribution is 2.28. The topological polar surface area (TPSA) is 77.2 Å². The molecule has 7 heteroatoms. The first-order valence-electron chi connectivity index (χ1n) is 12.3. The number of nitrogens with one attached hydrogen (secondary N) is 2. The van der Waals surface area contributed by atoms with E-state index in [4.69, 9.17) is 0 Å². The molecule has 1 amide bonds. The van der Waals surface area contributed by atoms with E-state index in [1.165, 1.54) is 37.7 Å². The van der Waals surface area contributed by atoms with Gasteiger partial charge >= 0.3 is 0 Å². The van der Waals surface area contributed by atoms with Gasteiger partial charge in [-0.25, -0.2) is 4.98 Å². The first-order chi connectivity index (χ1) is 16.2. The number of rotatable bonds is 6. The second-order valence-electron chi connectivity index (χ2n) is 9.52. The number of amides is 1. The molecule has 0 bridgehead atoms. The number of hydrogen-bond acceptors (Lipinski definition) is 5. The molecule has 1 aliphatic heterocycles. The lowest BCUT2D eigenvalue weighted by Gasteiger charge is -2.32. The summed E-state index contributed by atoms with van der Waals surface area (Å²) in [6.07, 6.45) is 9.91. The highest BCUT2D eigenvalue weighted by molar-refractivity contribution is 5.94. The molecule has 0 spiro atoms. The summed E-state index contributed by atoms with van der Waals surface area (Å²) in [5.41, 5.74) is 4.07. The lowest BCUT2D eigenvalue weighted by atomic mass is 9.95. The van der Waals surface area contributed by atoms with Crippen molar-refractivity contribution in [1.29, 1.82) is 0 Å². The molecule has 2 aliphatic rings. The monoisotopic (exact) mass is 446 g/mol. The molecule has 7 nitrogen and oxygen atoms in total. The fourth-order valence-corrected chi connectivity index (χ4v) is 5.03. The third-order valence-electron chi connectivity index (χ3n) is 7.14. The van der Waals surface area contributed by atoms with Crippen LogP contribution in [0.15, 0.2) is 36.5 Å². The molecule has 3 aromatic rings. The minimum atomic E-state index is 0.137. The molecular weight excluding hydrogens is 412 g/mol. The number of carbonyl (C=O) groups is 1. The van der Waals surface area contributed by atoms with E-state index in [-0.39, 0.29) is 5.91 Å². The Bertz CT molecular complexity index is 1080. The van der Waals surface area contributed by atoms with Gasteiger partial charge in [-0.2, -0.15) is 5.10 Å². The predicted octanol–water partition coefficient (Wildman–Crippen LogP) is 3.88. The fraction of sp³-hybridized carbons (Fsp3) is 0.500. The summed E-state index contributed by atoms with van der Waals surface area (Å²) in [4.78, 5) is 21.7. The molecule has 2 aromatic heterocycles. The van der Waals surface area contributed by atoms with Gasteiger partial charge in [-0.3, -0.25) is 9.89 Å². The molecule has 0 unspecified atom stereocenters. The van der Waals surface area contributed by atoms with Crippen LogP contribution in [0.5, 0.6) is 0 Å². The standard InChI is InChI=1S/C26H34N6O/c1-31-15-17-32(18-16-31)26(33)20-10-7-19(8-11-20)9-12-22-24-23(30-29-22)13-14-27-25(24)28-21-5-3-2-4-6-21/h7-8,10-11,13-14,21H,2-6,9,12,15-18H2,1H3,(H,27,28)(H,29,30). The number of fused-ring (bicyclic) bond motifs is 1. The van der Waals surface area contributed by atoms with Crippen molar-refractivity contribution >= 4 is 22.6 Å². The lowest BCUT2D eigenvalue weighted by Crippen LogP contribution is -2.47. The molecular formula is C26H34N6O. The number of pyridine rings is 1. The fourth-order valence-electron chi connectivity index (χ4n) is 5.03. The van der Waals surface area contributed by atoms with Gasteiger partial charge in [0.05, 0.1) is 16.6 Å². The number of carbonyl (C=O) groups excluding carboxylic acids is 1. The normalized spacial score (nSPS) is 18.0. The third-order valence-corrected chi connectivity index (χ3v) is 7.14. The summed E-state index contributed by atoms with van der Waals surface area (Å²) in [6.45, 7) is 3.48. The lowest BCUT2D eigenvalue weighted by molar-refractivity contribution is 0.0664. The van der Waals surface area contributed by atoms with Crippen molar-refractivity contribution in [2.24, 2.45) is 0 Å². The van der Waals surface area contributed by atoms with E-state index < -0.39 is 0 Å². The van der Waals surface area contributed by atoms with E-state index in [1.807, 2.05) is 29.3 Å². The van der Waals surface area contributed by atoms with Crippen LogP contribution in [0.2, 0.25) is 0 Å². The number of aromatic amines is 1. The second kappa shape index (κ2) is 9.91. The van der Waals surface area contributed by atoms with Crippen molar-refractivity contribution in [3.05, 3.63) is 53.3 Å². The number of aromatic nitrogens is 3. The van der Waals surface area contributed by atoms with Gasteiger partial charge in [0.15, 0.2) is 0 Å². The molecule has 3 heterocycles. The Morgan fingerprint density at radius 3 is 2.55 bits per heavy atom. The number of benzene rings is 1.